The Morgan fingerprint density at radius 3 is 2.29 bits per heavy atom. The van der Waals surface area contributed by atoms with Crippen molar-refractivity contribution in [3.63, 3.8) is 0 Å². The number of nitrogens with two attached hydrogens (primary N) is 1. The number of likely N-dealkylation sites (N-methyl/N-ethyl adjacent to an activating group) is 1. The van der Waals surface area contributed by atoms with E-state index in [0.29, 0.717) is 18.9 Å². The smallest absolute Gasteiger partial charge is 0.222 e. The van der Waals surface area contributed by atoms with E-state index in [0.717, 1.165) is 79.3 Å². The first-order valence-corrected chi connectivity index (χ1v) is 15.2. The van der Waals surface area contributed by atoms with Crippen LogP contribution in [-0.4, -0.2) is 71.5 Å². The first-order chi connectivity index (χ1) is 20.3. The number of benzene rings is 1. The van der Waals surface area contributed by atoms with Crippen LogP contribution in [0.1, 0.15) is 71.0 Å². The SMILES string of the molecule is CCCc1nc2c(N)nc3ccccc3c2n1CCCCNC(=O)CCOCCC(=O)NCCCCC(NC)C(C)=O. The molecule has 0 spiro atoms. The molecule has 230 valence electrons. The van der Waals surface area contributed by atoms with Crippen LogP contribution in [0.5, 0.6) is 0 Å². The number of Topliss-reactive ketones (excluding diaryl/α,β-unsaturated/α-hetero) is 1. The van der Waals surface area contributed by atoms with E-state index in [1.165, 1.54) is 0 Å². The third-order valence-electron chi connectivity index (χ3n) is 7.32. The molecule has 42 heavy (non-hydrogen) atoms. The number of aryl methyl sites for hydroxylation is 2. The molecule has 0 aliphatic rings. The van der Waals surface area contributed by atoms with E-state index in [-0.39, 0.29) is 49.7 Å². The first-order valence-electron chi connectivity index (χ1n) is 15.2. The second-order valence-electron chi connectivity index (χ2n) is 10.6. The summed E-state index contributed by atoms with van der Waals surface area (Å²) >= 11 is 0. The van der Waals surface area contributed by atoms with Gasteiger partial charge in [0.15, 0.2) is 5.82 Å². The van der Waals surface area contributed by atoms with E-state index in [4.69, 9.17) is 15.5 Å². The van der Waals surface area contributed by atoms with Crippen molar-refractivity contribution < 1.29 is 19.1 Å². The molecule has 2 aromatic heterocycles. The summed E-state index contributed by atoms with van der Waals surface area (Å²) in [5.41, 5.74) is 8.91. The number of carbonyl (C=O) groups excluding carboxylic acids is 3. The predicted octanol–water partition coefficient (Wildman–Crippen LogP) is 3.28. The van der Waals surface area contributed by atoms with Gasteiger partial charge in [-0.3, -0.25) is 14.4 Å². The molecule has 5 N–H and O–H groups in total. The number of nitrogens with one attached hydrogen (secondary N) is 3. The highest BCUT2D eigenvalue weighted by molar-refractivity contribution is 6.06. The first kappa shape index (κ1) is 32.9. The van der Waals surface area contributed by atoms with Crippen LogP contribution >= 0.6 is 0 Å². The maximum atomic E-state index is 12.2. The summed E-state index contributed by atoms with van der Waals surface area (Å²) < 4.78 is 7.74. The number of anilines is 1. The molecule has 1 aromatic carbocycles. The van der Waals surface area contributed by atoms with Crippen LogP contribution in [0.4, 0.5) is 5.82 Å². The molecule has 11 nitrogen and oxygen atoms in total. The second-order valence-corrected chi connectivity index (χ2v) is 10.6. The van der Waals surface area contributed by atoms with E-state index in [2.05, 4.69) is 38.5 Å². The van der Waals surface area contributed by atoms with Gasteiger partial charge < -0.3 is 31.0 Å². The maximum Gasteiger partial charge on any atom is 0.222 e. The normalized spacial score (nSPS) is 12.1. The van der Waals surface area contributed by atoms with Gasteiger partial charge >= 0.3 is 0 Å². The summed E-state index contributed by atoms with van der Waals surface area (Å²) in [6.45, 7) is 6.22. The average Bonchev–Trinajstić information content (AvgIpc) is 3.33. The van der Waals surface area contributed by atoms with Gasteiger partial charge in [0, 0.05) is 44.3 Å². The summed E-state index contributed by atoms with van der Waals surface area (Å²) in [5.74, 6) is 1.46. The van der Waals surface area contributed by atoms with E-state index in [1.54, 1.807) is 14.0 Å². The highest BCUT2D eigenvalue weighted by atomic mass is 16.5. The standard InChI is InChI=1S/C31H47N7O4/c1-4-11-26-37-29-30(23-12-5-6-14-25(23)36-31(29)32)38(26)19-10-9-18-35-28(41)16-21-42-20-15-27(40)34-17-8-7-13-24(33-3)22(2)39/h5-6,12,14,24,33H,4,7-11,13,15-21H2,1-3H3,(H2,32,36)(H,34,40)(H,35,41). The Hall–Kier alpha value is -3.57. The number of carbonyl (C=O) groups is 3. The molecular weight excluding hydrogens is 534 g/mol. The quantitative estimate of drug-likeness (QED) is 0.148. The Morgan fingerprint density at radius 1 is 0.976 bits per heavy atom. The largest absolute Gasteiger partial charge is 0.382 e. The predicted molar refractivity (Wildman–Crippen MR) is 166 cm³/mol. The number of ether oxygens (including phenoxy) is 1. The topological polar surface area (TPSA) is 153 Å². The van der Waals surface area contributed by atoms with Crippen molar-refractivity contribution in [3.8, 4) is 0 Å². The van der Waals surface area contributed by atoms with E-state index in [1.807, 2.05) is 18.2 Å². The van der Waals surface area contributed by atoms with Crippen LogP contribution in [-0.2, 0) is 32.1 Å². The zero-order valence-electron chi connectivity index (χ0n) is 25.3. The number of para-hydroxylation sites is 1. The Balaban J connectivity index is 1.30. The van der Waals surface area contributed by atoms with Gasteiger partial charge in [-0.1, -0.05) is 25.1 Å². The van der Waals surface area contributed by atoms with Gasteiger partial charge in [0.25, 0.3) is 0 Å². The van der Waals surface area contributed by atoms with Crippen LogP contribution in [0.25, 0.3) is 21.9 Å². The Kier molecular flexibility index (Phi) is 13.6. The van der Waals surface area contributed by atoms with Crippen molar-refractivity contribution in [2.45, 2.75) is 84.2 Å². The number of hydrogen-bond acceptors (Lipinski definition) is 8. The van der Waals surface area contributed by atoms with Crippen molar-refractivity contribution in [2.24, 2.45) is 0 Å². The number of imidazole rings is 1. The lowest BCUT2D eigenvalue weighted by molar-refractivity contribution is -0.123. The third kappa shape index (κ3) is 9.77. The number of aromatic nitrogens is 3. The molecule has 1 atom stereocenters. The number of nitrogen functional groups attached to an aromatic ring is 1. The van der Waals surface area contributed by atoms with Crippen LogP contribution in [0, 0.1) is 0 Å². The highest BCUT2D eigenvalue weighted by Crippen LogP contribution is 2.29. The van der Waals surface area contributed by atoms with Crippen LogP contribution < -0.4 is 21.7 Å². The molecule has 2 heterocycles. The van der Waals surface area contributed by atoms with Crippen LogP contribution in [0.15, 0.2) is 24.3 Å². The summed E-state index contributed by atoms with van der Waals surface area (Å²) in [7, 11) is 1.78. The van der Waals surface area contributed by atoms with Gasteiger partial charge in [-0.15, -0.1) is 0 Å². The molecule has 0 radical (unpaired) electrons. The Labute approximate surface area is 248 Å². The number of nitrogens with zero attached hydrogens (tertiary/aromatic N) is 3. The number of ketones is 1. The van der Waals surface area contributed by atoms with Gasteiger partial charge in [0.2, 0.25) is 11.8 Å². The highest BCUT2D eigenvalue weighted by Gasteiger charge is 2.16. The number of pyridine rings is 1. The molecule has 11 heteroatoms. The zero-order valence-corrected chi connectivity index (χ0v) is 25.3. The molecule has 3 rings (SSSR count). The Morgan fingerprint density at radius 2 is 1.64 bits per heavy atom. The van der Waals surface area contributed by atoms with Gasteiger partial charge in [0.05, 0.1) is 30.3 Å². The molecule has 0 saturated carbocycles. The maximum absolute atomic E-state index is 12.2. The zero-order chi connectivity index (χ0) is 30.3. The molecule has 0 aliphatic carbocycles. The van der Waals surface area contributed by atoms with Crippen molar-refractivity contribution in [1.29, 1.82) is 0 Å². The summed E-state index contributed by atoms with van der Waals surface area (Å²) in [4.78, 5) is 44.9. The van der Waals surface area contributed by atoms with Gasteiger partial charge in [-0.05, 0) is 58.6 Å². The Bertz CT molecular complexity index is 1320. The second kappa shape index (κ2) is 17.4. The molecule has 3 aromatic rings. The van der Waals surface area contributed by atoms with Crippen molar-refractivity contribution in [1.82, 2.24) is 30.5 Å². The molecule has 2 amide bonds. The van der Waals surface area contributed by atoms with Gasteiger partial charge in [-0.2, -0.15) is 0 Å². The minimum Gasteiger partial charge on any atom is -0.382 e. The number of unbranched alkanes of at least 4 members (excludes halogenated alkanes) is 2. The lowest BCUT2D eigenvalue weighted by atomic mass is 10.1. The van der Waals surface area contributed by atoms with E-state index in [9.17, 15) is 14.4 Å². The van der Waals surface area contributed by atoms with Gasteiger partial charge in [-0.25, -0.2) is 9.97 Å². The summed E-state index contributed by atoms with van der Waals surface area (Å²) in [5, 5.41) is 9.87. The van der Waals surface area contributed by atoms with Crippen LogP contribution in [0.3, 0.4) is 0 Å². The lowest BCUT2D eigenvalue weighted by Gasteiger charge is -2.12. The lowest BCUT2D eigenvalue weighted by Crippen LogP contribution is -2.32. The number of fused-ring (bicyclic) bond motifs is 3. The number of amides is 2. The van der Waals surface area contributed by atoms with E-state index >= 15 is 0 Å². The minimum atomic E-state index is -0.118. The summed E-state index contributed by atoms with van der Waals surface area (Å²) in [6, 6.07) is 7.88. The molecule has 0 aliphatic heterocycles. The fraction of sp³-hybridized carbons (Fsp3) is 0.581. The van der Waals surface area contributed by atoms with Crippen LogP contribution in [0.2, 0.25) is 0 Å². The van der Waals surface area contributed by atoms with Crippen molar-refractivity contribution in [3.05, 3.63) is 30.1 Å². The molecule has 0 saturated heterocycles. The minimum absolute atomic E-state index is 0.0607. The van der Waals surface area contributed by atoms with Gasteiger partial charge in [0.1, 0.15) is 17.1 Å². The molecule has 0 bridgehead atoms. The number of hydrogen-bond donors (Lipinski definition) is 4. The van der Waals surface area contributed by atoms with E-state index < -0.39 is 0 Å². The number of rotatable bonds is 20. The summed E-state index contributed by atoms with van der Waals surface area (Å²) in [6.07, 6.45) is 6.53. The monoisotopic (exact) mass is 581 g/mol. The average molecular weight is 582 g/mol. The molecular formula is C31H47N7O4. The van der Waals surface area contributed by atoms with Crippen molar-refractivity contribution >= 4 is 45.4 Å². The fourth-order valence-electron chi connectivity index (χ4n) is 5.04. The fourth-order valence-corrected chi connectivity index (χ4v) is 5.04. The third-order valence-corrected chi connectivity index (χ3v) is 7.32. The molecule has 1 unspecified atom stereocenters. The van der Waals surface area contributed by atoms with Crippen molar-refractivity contribution in [2.75, 3.05) is 39.1 Å². The molecule has 0 fully saturated rings.